The normalized spacial score (nSPS) is 13.8. The summed E-state index contributed by atoms with van der Waals surface area (Å²) in [5.41, 5.74) is 2.44. The van der Waals surface area contributed by atoms with Gasteiger partial charge in [-0.15, -0.1) is 0 Å². The van der Waals surface area contributed by atoms with Crippen LogP contribution in [0.25, 0.3) is 0 Å². The smallest absolute Gasteiger partial charge is 0.254 e. The van der Waals surface area contributed by atoms with E-state index < -0.39 is 0 Å². The average Bonchev–Trinajstić information content (AvgIpc) is 3.27. The molecule has 0 unspecified atom stereocenters. The molecule has 0 atom stereocenters. The molecule has 0 radical (unpaired) electrons. The number of aliphatic hydroxyl groups excluding tert-OH is 1. The van der Waals surface area contributed by atoms with Crippen molar-refractivity contribution in [2.75, 3.05) is 13.2 Å². The van der Waals surface area contributed by atoms with Crippen LogP contribution in [-0.2, 0) is 0 Å². The zero-order valence-corrected chi connectivity index (χ0v) is 13.0. The fraction of sp³-hybridized carbons (Fsp3) is 0.500. The van der Waals surface area contributed by atoms with Crippen molar-refractivity contribution in [2.45, 2.75) is 39.7 Å². The van der Waals surface area contributed by atoms with Gasteiger partial charge >= 0.3 is 0 Å². The van der Waals surface area contributed by atoms with Crippen LogP contribution in [0.4, 0.5) is 0 Å². The summed E-state index contributed by atoms with van der Waals surface area (Å²) in [6.45, 7) is 6.83. The van der Waals surface area contributed by atoms with Crippen molar-refractivity contribution in [3.63, 3.8) is 0 Å². The third-order valence-corrected chi connectivity index (χ3v) is 3.68. The number of nitrogens with zero attached hydrogens (tertiary/aromatic N) is 1. The SMILES string of the molecule is Cc1c(C#CCO)cccc1C(=O)N(CC(C)C)C1CC1. The molecule has 2 rings (SSSR count). The van der Waals surface area contributed by atoms with Crippen molar-refractivity contribution in [1.29, 1.82) is 0 Å². The van der Waals surface area contributed by atoms with Gasteiger partial charge in [-0.3, -0.25) is 4.79 Å². The number of hydrogen-bond acceptors (Lipinski definition) is 2. The molecule has 1 aromatic carbocycles. The van der Waals surface area contributed by atoms with Crippen LogP contribution in [0.1, 0.15) is 48.2 Å². The summed E-state index contributed by atoms with van der Waals surface area (Å²) in [7, 11) is 0. The minimum atomic E-state index is -0.167. The summed E-state index contributed by atoms with van der Waals surface area (Å²) in [4.78, 5) is 14.8. The number of amides is 1. The van der Waals surface area contributed by atoms with Crippen molar-refractivity contribution in [1.82, 2.24) is 4.90 Å². The second kappa shape index (κ2) is 6.78. The lowest BCUT2D eigenvalue weighted by molar-refractivity contribution is 0.0721. The van der Waals surface area contributed by atoms with Crippen LogP contribution in [0, 0.1) is 24.7 Å². The van der Waals surface area contributed by atoms with Crippen LogP contribution in [0.2, 0.25) is 0 Å². The molecule has 0 aliphatic heterocycles. The Kier molecular flexibility index (Phi) is 5.03. The first-order valence-electron chi connectivity index (χ1n) is 7.55. The standard InChI is InChI=1S/C18H23NO2/c1-13(2)12-19(16-9-10-16)18(21)17-8-4-6-15(14(17)3)7-5-11-20/h4,6,8,13,16,20H,9-12H2,1-3H3. The van der Waals surface area contributed by atoms with E-state index in [2.05, 4.69) is 25.7 Å². The number of rotatable bonds is 4. The molecule has 112 valence electrons. The second-order valence-corrected chi connectivity index (χ2v) is 6.02. The molecule has 1 aromatic rings. The second-order valence-electron chi connectivity index (χ2n) is 6.02. The van der Waals surface area contributed by atoms with Gasteiger partial charge in [0.1, 0.15) is 6.61 Å². The van der Waals surface area contributed by atoms with Gasteiger partial charge < -0.3 is 10.0 Å². The summed E-state index contributed by atoms with van der Waals surface area (Å²) in [5, 5.41) is 8.82. The summed E-state index contributed by atoms with van der Waals surface area (Å²) < 4.78 is 0. The zero-order chi connectivity index (χ0) is 15.4. The molecule has 1 saturated carbocycles. The Morgan fingerprint density at radius 1 is 1.43 bits per heavy atom. The fourth-order valence-electron chi connectivity index (χ4n) is 2.47. The van der Waals surface area contributed by atoms with E-state index in [1.165, 1.54) is 0 Å². The molecule has 0 spiro atoms. The third-order valence-electron chi connectivity index (χ3n) is 3.68. The quantitative estimate of drug-likeness (QED) is 0.864. The van der Waals surface area contributed by atoms with E-state index in [0.717, 1.165) is 36.1 Å². The number of hydrogen-bond donors (Lipinski definition) is 1. The highest BCUT2D eigenvalue weighted by atomic mass is 16.2. The first-order valence-corrected chi connectivity index (χ1v) is 7.55. The molecule has 1 aliphatic carbocycles. The molecule has 1 amide bonds. The largest absolute Gasteiger partial charge is 0.384 e. The Bertz CT molecular complexity index is 577. The molecule has 0 aromatic heterocycles. The maximum Gasteiger partial charge on any atom is 0.254 e. The molecule has 1 aliphatic rings. The molecule has 0 saturated heterocycles. The number of carbonyl (C=O) groups excluding carboxylic acids is 1. The van der Waals surface area contributed by atoms with Gasteiger partial charge in [-0.05, 0) is 43.4 Å². The Morgan fingerprint density at radius 3 is 2.71 bits per heavy atom. The highest BCUT2D eigenvalue weighted by molar-refractivity contribution is 5.96. The lowest BCUT2D eigenvalue weighted by atomic mass is 10.0. The molecule has 1 N–H and O–H groups in total. The highest BCUT2D eigenvalue weighted by Crippen LogP contribution is 2.30. The van der Waals surface area contributed by atoms with Crippen molar-refractivity contribution in [2.24, 2.45) is 5.92 Å². The maximum absolute atomic E-state index is 12.8. The molecule has 3 heteroatoms. The number of aliphatic hydroxyl groups is 1. The molecule has 0 heterocycles. The zero-order valence-electron chi connectivity index (χ0n) is 13.0. The number of carbonyl (C=O) groups is 1. The molecule has 3 nitrogen and oxygen atoms in total. The van der Waals surface area contributed by atoms with Gasteiger partial charge in [0.15, 0.2) is 0 Å². The van der Waals surface area contributed by atoms with Gasteiger partial charge in [-0.1, -0.05) is 31.8 Å². The Morgan fingerprint density at radius 2 is 2.14 bits per heavy atom. The van der Waals surface area contributed by atoms with Crippen LogP contribution in [0.5, 0.6) is 0 Å². The lowest BCUT2D eigenvalue weighted by Gasteiger charge is -2.25. The topological polar surface area (TPSA) is 40.5 Å². The molecule has 1 fully saturated rings. The average molecular weight is 285 g/mol. The molecule has 21 heavy (non-hydrogen) atoms. The Hall–Kier alpha value is -1.79. The predicted molar refractivity (Wildman–Crippen MR) is 84.0 cm³/mol. The summed E-state index contributed by atoms with van der Waals surface area (Å²) in [6.07, 6.45) is 2.23. The van der Waals surface area contributed by atoms with Gasteiger partial charge in [0.05, 0.1) is 0 Å². The number of benzene rings is 1. The van der Waals surface area contributed by atoms with Gasteiger partial charge in [0, 0.05) is 23.7 Å². The van der Waals surface area contributed by atoms with Crippen molar-refractivity contribution < 1.29 is 9.90 Å². The molecule has 0 bridgehead atoms. The van der Waals surface area contributed by atoms with Crippen LogP contribution in [0.15, 0.2) is 18.2 Å². The Balaban J connectivity index is 2.29. The minimum Gasteiger partial charge on any atom is -0.384 e. The van der Waals surface area contributed by atoms with Crippen LogP contribution >= 0.6 is 0 Å². The molecular formula is C18H23NO2. The van der Waals surface area contributed by atoms with E-state index in [-0.39, 0.29) is 12.5 Å². The van der Waals surface area contributed by atoms with E-state index in [1.807, 2.05) is 30.0 Å². The fourth-order valence-corrected chi connectivity index (χ4v) is 2.47. The minimum absolute atomic E-state index is 0.108. The summed E-state index contributed by atoms with van der Waals surface area (Å²) >= 11 is 0. The molecular weight excluding hydrogens is 262 g/mol. The predicted octanol–water partition coefficient (Wildman–Crippen LogP) is 2.60. The van der Waals surface area contributed by atoms with Crippen LogP contribution in [0.3, 0.4) is 0 Å². The van der Waals surface area contributed by atoms with Gasteiger partial charge in [0.25, 0.3) is 5.91 Å². The van der Waals surface area contributed by atoms with E-state index in [1.54, 1.807) is 0 Å². The monoisotopic (exact) mass is 285 g/mol. The van der Waals surface area contributed by atoms with E-state index in [4.69, 9.17) is 5.11 Å². The lowest BCUT2D eigenvalue weighted by Crippen LogP contribution is -2.36. The first-order chi connectivity index (χ1) is 10.0. The van der Waals surface area contributed by atoms with E-state index >= 15 is 0 Å². The van der Waals surface area contributed by atoms with E-state index in [0.29, 0.717) is 12.0 Å². The van der Waals surface area contributed by atoms with Crippen molar-refractivity contribution in [3.05, 3.63) is 34.9 Å². The van der Waals surface area contributed by atoms with Crippen molar-refractivity contribution >= 4 is 5.91 Å². The summed E-state index contributed by atoms with van der Waals surface area (Å²) in [6, 6.07) is 6.03. The van der Waals surface area contributed by atoms with Gasteiger partial charge in [-0.25, -0.2) is 0 Å². The van der Waals surface area contributed by atoms with Crippen LogP contribution < -0.4 is 0 Å². The van der Waals surface area contributed by atoms with Gasteiger partial charge in [-0.2, -0.15) is 0 Å². The third kappa shape index (κ3) is 3.86. The Labute approximate surface area is 127 Å². The first kappa shape index (κ1) is 15.6. The van der Waals surface area contributed by atoms with Gasteiger partial charge in [0.2, 0.25) is 0 Å². The van der Waals surface area contributed by atoms with E-state index in [9.17, 15) is 4.79 Å². The van der Waals surface area contributed by atoms with Crippen molar-refractivity contribution in [3.8, 4) is 11.8 Å². The van der Waals surface area contributed by atoms with Crippen LogP contribution in [-0.4, -0.2) is 35.1 Å². The summed E-state index contributed by atoms with van der Waals surface area (Å²) in [5.74, 6) is 6.13. The highest BCUT2D eigenvalue weighted by Gasteiger charge is 2.33. The maximum atomic E-state index is 12.8.